The summed E-state index contributed by atoms with van der Waals surface area (Å²) in [7, 11) is 1.63. The molecule has 4 heteroatoms. The summed E-state index contributed by atoms with van der Waals surface area (Å²) in [6.45, 7) is 4.05. The summed E-state index contributed by atoms with van der Waals surface area (Å²) in [5.74, 6) is 1.58. The number of methoxy groups -OCH3 is 1. The Kier molecular flexibility index (Phi) is 3.89. The molecule has 2 rings (SSSR count). The van der Waals surface area contributed by atoms with E-state index in [1.54, 1.807) is 7.11 Å². The van der Waals surface area contributed by atoms with Crippen molar-refractivity contribution in [2.24, 2.45) is 0 Å². The van der Waals surface area contributed by atoms with Crippen LogP contribution in [0.15, 0.2) is 28.7 Å². The van der Waals surface area contributed by atoms with Gasteiger partial charge in [-0.25, -0.2) is 0 Å². The summed E-state index contributed by atoms with van der Waals surface area (Å²) >= 11 is 0. The molecule has 0 aliphatic carbocycles. The Hall–Kier alpha value is -1.52. The number of aliphatic hydroxyl groups is 1. The number of para-hydroxylation sites is 1. The molecule has 0 spiro atoms. The van der Waals surface area contributed by atoms with E-state index < -0.39 is 0 Å². The minimum absolute atomic E-state index is 0.0371. The summed E-state index contributed by atoms with van der Waals surface area (Å²) in [5.41, 5.74) is 0.764. The predicted octanol–water partition coefficient (Wildman–Crippen LogP) is 2.47. The van der Waals surface area contributed by atoms with Gasteiger partial charge in [0.2, 0.25) is 0 Å². The van der Waals surface area contributed by atoms with Crippen molar-refractivity contribution in [3.8, 4) is 5.75 Å². The van der Waals surface area contributed by atoms with Crippen molar-refractivity contribution >= 4 is 11.0 Å². The lowest BCUT2D eigenvalue weighted by molar-refractivity contribution is 0.238. The molecule has 0 radical (unpaired) electrons. The third-order valence-electron chi connectivity index (χ3n) is 2.98. The number of benzene rings is 1. The Morgan fingerprint density at radius 3 is 2.83 bits per heavy atom. The first-order valence-electron chi connectivity index (χ1n) is 6.09. The monoisotopic (exact) mass is 249 g/mol. The van der Waals surface area contributed by atoms with E-state index in [0.717, 1.165) is 22.5 Å². The van der Waals surface area contributed by atoms with E-state index in [0.29, 0.717) is 0 Å². The second-order valence-electron chi connectivity index (χ2n) is 4.50. The van der Waals surface area contributed by atoms with Crippen LogP contribution in [0.4, 0.5) is 0 Å². The molecular weight excluding hydrogens is 230 g/mol. The van der Waals surface area contributed by atoms with Crippen LogP contribution in [0.3, 0.4) is 0 Å². The molecule has 0 aliphatic heterocycles. The minimum Gasteiger partial charge on any atom is -0.493 e. The molecule has 4 nitrogen and oxygen atoms in total. The van der Waals surface area contributed by atoms with Gasteiger partial charge in [-0.2, -0.15) is 0 Å². The van der Waals surface area contributed by atoms with E-state index >= 15 is 0 Å². The van der Waals surface area contributed by atoms with Crippen molar-refractivity contribution in [2.45, 2.75) is 25.9 Å². The Morgan fingerprint density at radius 2 is 2.17 bits per heavy atom. The third kappa shape index (κ3) is 2.49. The van der Waals surface area contributed by atoms with Crippen LogP contribution in [0.5, 0.6) is 5.75 Å². The van der Waals surface area contributed by atoms with Crippen LogP contribution >= 0.6 is 0 Å². The molecule has 0 amide bonds. The summed E-state index contributed by atoms with van der Waals surface area (Å²) in [6, 6.07) is 7.89. The molecule has 0 saturated heterocycles. The van der Waals surface area contributed by atoms with Gasteiger partial charge in [0.1, 0.15) is 5.76 Å². The van der Waals surface area contributed by atoms with E-state index in [1.165, 1.54) is 0 Å². The number of furan rings is 1. The standard InChI is InChI=1S/C14H19NO3/c1-9(8-16)15-10(2)13-7-11-5-4-6-12(17-3)14(11)18-13/h4-7,9-10,15-16H,8H2,1-3H3. The molecule has 2 N–H and O–H groups in total. The first-order chi connectivity index (χ1) is 8.65. The number of hydrogen-bond donors (Lipinski definition) is 2. The van der Waals surface area contributed by atoms with E-state index in [-0.39, 0.29) is 18.7 Å². The molecule has 2 aromatic rings. The fraction of sp³-hybridized carbons (Fsp3) is 0.429. The third-order valence-corrected chi connectivity index (χ3v) is 2.98. The van der Waals surface area contributed by atoms with Crippen LogP contribution in [0.25, 0.3) is 11.0 Å². The van der Waals surface area contributed by atoms with Gasteiger partial charge in [0, 0.05) is 11.4 Å². The van der Waals surface area contributed by atoms with Crippen LogP contribution in [-0.4, -0.2) is 24.9 Å². The van der Waals surface area contributed by atoms with Gasteiger partial charge >= 0.3 is 0 Å². The summed E-state index contributed by atoms with van der Waals surface area (Å²) in [6.07, 6.45) is 0. The van der Waals surface area contributed by atoms with Crippen molar-refractivity contribution in [3.05, 3.63) is 30.0 Å². The van der Waals surface area contributed by atoms with E-state index in [4.69, 9.17) is 14.3 Å². The van der Waals surface area contributed by atoms with Gasteiger partial charge in [0.25, 0.3) is 0 Å². The fourth-order valence-electron chi connectivity index (χ4n) is 1.99. The number of fused-ring (bicyclic) bond motifs is 1. The number of nitrogens with one attached hydrogen (secondary N) is 1. The smallest absolute Gasteiger partial charge is 0.176 e. The minimum atomic E-state index is 0.0371. The van der Waals surface area contributed by atoms with Crippen molar-refractivity contribution < 1.29 is 14.3 Å². The SMILES string of the molecule is COc1cccc2cc(C(C)NC(C)CO)oc12. The van der Waals surface area contributed by atoms with Crippen molar-refractivity contribution in [2.75, 3.05) is 13.7 Å². The van der Waals surface area contributed by atoms with Crippen LogP contribution in [0.2, 0.25) is 0 Å². The zero-order valence-electron chi connectivity index (χ0n) is 10.9. The second kappa shape index (κ2) is 5.42. The molecule has 1 aromatic carbocycles. The maximum absolute atomic E-state index is 9.04. The zero-order chi connectivity index (χ0) is 13.1. The van der Waals surface area contributed by atoms with E-state index in [2.05, 4.69) is 5.32 Å². The maximum atomic E-state index is 9.04. The summed E-state index contributed by atoms with van der Waals surface area (Å²) < 4.78 is 11.1. The molecule has 2 atom stereocenters. The molecule has 98 valence electrons. The number of aliphatic hydroxyl groups excluding tert-OH is 1. The topological polar surface area (TPSA) is 54.6 Å². The molecular formula is C14H19NO3. The van der Waals surface area contributed by atoms with Crippen LogP contribution < -0.4 is 10.1 Å². The highest BCUT2D eigenvalue weighted by Crippen LogP contribution is 2.30. The zero-order valence-corrected chi connectivity index (χ0v) is 10.9. The fourth-order valence-corrected chi connectivity index (χ4v) is 1.99. The van der Waals surface area contributed by atoms with Gasteiger partial charge < -0.3 is 19.6 Å². The quantitative estimate of drug-likeness (QED) is 0.854. The Labute approximate surface area is 107 Å². The maximum Gasteiger partial charge on any atom is 0.176 e. The number of hydrogen-bond acceptors (Lipinski definition) is 4. The van der Waals surface area contributed by atoms with Crippen molar-refractivity contribution in [1.29, 1.82) is 0 Å². The highest BCUT2D eigenvalue weighted by Gasteiger charge is 2.15. The van der Waals surface area contributed by atoms with Crippen LogP contribution in [0.1, 0.15) is 25.6 Å². The Balaban J connectivity index is 2.29. The Morgan fingerprint density at radius 1 is 1.39 bits per heavy atom. The predicted molar refractivity (Wildman–Crippen MR) is 70.9 cm³/mol. The molecule has 0 saturated carbocycles. The van der Waals surface area contributed by atoms with Gasteiger partial charge in [-0.15, -0.1) is 0 Å². The first kappa shape index (κ1) is 12.9. The average Bonchev–Trinajstić information content (AvgIpc) is 2.82. The molecule has 2 unspecified atom stereocenters. The van der Waals surface area contributed by atoms with Gasteiger partial charge in [-0.1, -0.05) is 12.1 Å². The highest BCUT2D eigenvalue weighted by atomic mass is 16.5. The average molecular weight is 249 g/mol. The molecule has 18 heavy (non-hydrogen) atoms. The van der Waals surface area contributed by atoms with Crippen LogP contribution in [0, 0.1) is 0 Å². The van der Waals surface area contributed by atoms with Gasteiger partial charge in [0.05, 0.1) is 19.8 Å². The highest BCUT2D eigenvalue weighted by molar-refractivity contribution is 5.83. The molecule has 0 fully saturated rings. The Bertz CT molecular complexity index is 521. The van der Waals surface area contributed by atoms with Gasteiger partial charge in [0.15, 0.2) is 11.3 Å². The lowest BCUT2D eigenvalue weighted by Gasteiger charge is -2.15. The van der Waals surface area contributed by atoms with Gasteiger partial charge in [-0.3, -0.25) is 0 Å². The lowest BCUT2D eigenvalue weighted by Crippen LogP contribution is -2.31. The second-order valence-corrected chi connectivity index (χ2v) is 4.50. The molecule has 1 aromatic heterocycles. The number of ether oxygens (including phenoxy) is 1. The molecule has 0 bridgehead atoms. The first-order valence-corrected chi connectivity index (χ1v) is 6.09. The van der Waals surface area contributed by atoms with Crippen molar-refractivity contribution in [3.63, 3.8) is 0 Å². The summed E-state index contributed by atoms with van der Waals surface area (Å²) in [4.78, 5) is 0. The molecule has 0 aliphatic rings. The lowest BCUT2D eigenvalue weighted by atomic mass is 10.2. The van der Waals surface area contributed by atoms with Crippen LogP contribution in [-0.2, 0) is 0 Å². The number of rotatable bonds is 5. The van der Waals surface area contributed by atoms with Gasteiger partial charge in [-0.05, 0) is 26.0 Å². The molecule has 1 heterocycles. The van der Waals surface area contributed by atoms with E-state index in [1.807, 2.05) is 38.1 Å². The van der Waals surface area contributed by atoms with E-state index in [9.17, 15) is 0 Å². The van der Waals surface area contributed by atoms with Crippen molar-refractivity contribution in [1.82, 2.24) is 5.32 Å². The summed E-state index contributed by atoms with van der Waals surface area (Å²) in [5, 5.41) is 13.3. The largest absolute Gasteiger partial charge is 0.493 e. The normalized spacial score (nSPS) is 14.7.